The van der Waals surface area contributed by atoms with E-state index < -0.39 is 80.1 Å². The summed E-state index contributed by atoms with van der Waals surface area (Å²) in [7, 11) is -7.37. The number of benzene rings is 16. The van der Waals surface area contributed by atoms with E-state index in [1.165, 1.54) is 45.3 Å². The molecule has 0 saturated carbocycles. The maximum absolute atomic E-state index is 16.2. The minimum absolute atomic E-state index is 0.115. The van der Waals surface area contributed by atoms with Crippen molar-refractivity contribution in [2.45, 2.75) is 75.0 Å². The van der Waals surface area contributed by atoms with Crippen molar-refractivity contribution < 1.29 is 56.2 Å². The Kier molecular flexibility index (Phi) is 32.3. The fraction of sp³-hybridized carbons (Fsp3) is 0.0938. The molecule has 0 spiro atoms. The third-order valence-corrected chi connectivity index (χ3v) is 37.3. The molecule has 728 valence electrons. The first kappa shape index (κ1) is 99.1. The van der Waals surface area contributed by atoms with E-state index in [1.807, 2.05) is 216 Å². The average Bonchev–Trinajstić information content (AvgIpc) is 0.814. The second kappa shape index (κ2) is 48.2. The predicted octanol–water partition coefficient (Wildman–Crippen LogP) is 29.9. The van der Waals surface area contributed by atoms with E-state index in [1.54, 1.807) is 36.4 Å². The molecular formula is C128H100O12P4S4. The maximum atomic E-state index is 16.2. The van der Waals surface area contributed by atoms with E-state index in [4.69, 9.17) is 37.0 Å². The fourth-order valence-electron chi connectivity index (χ4n) is 19.1. The first-order valence-corrected chi connectivity index (χ1v) is 57.8. The highest BCUT2D eigenvalue weighted by Gasteiger charge is 2.41. The number of rotatable bonds is 36. The monoisotopic (exact) mass is 2080 g/mol. The molecule has 20 aromatic rings. The van der Waals surface area contributed by atoms with E-state index in [0.29, 0.717) is 138 Å². The molecule has 20 heteroatoms. The van der Waals surface area contributed by atoms with Crippen LogP contribution in [0.5, 0.6) is 46.0 Å². The Balaban J connectivity index is 0.978. The highest BCUT2D eigenvalue weighted by atomic mass is 32.1. The van der Waals surface area contributed by atoms with E-state index in [0.717, 1.165) is 64.7 Å². The van der Waals surface area contributed by atoms with Gasteiger partial charge < -0.3 is 37.0 Å². The number of hydrogen-bond acceptors (Lipinski definition) is 16. The van der Waals surface area contributed by atoms with Crippen LogP contribution < -0.4 is 79.5 Å². The molecule has 0 aliphatic heterocycles. The largest absolute Gasteiger partial charge is 0.464 e. The molecule has 0 unspecified atom stereocenters. The van der Waals surface area contributed by atoms with Gasteiger partial charge in [-0.3, -0.25) is 0 Å². The van der Waals surface area contributed by atoms with Gasteiger partial charge in [0.15, 0.2) is 32.6 Å². The summed E-state index contributed by atoms with van der Waals surface area (Å²) in [6, 6.07) is 155. The minimum Gasteiger partial charge on any atom is -0.464 e. The van der Waals surface area contributed by atoms with Gasteiger partial charge in [0.2, 0.25) is 0 Å². The van der Waals surface area contributed by atoms with Crippen LogP contribution in [0.25, 0.3) is 0 Å². The van der Waals surface area contributed by atoms with Crippen LogP contribution in [0.4, 0.5) is 0 Å². The molecule has 148 heavy (non-hydrogen) atoms. The van der Waals surface area contributed by atoms with Crippen molar-refractivity contribution in [2.24, 2.45) is 0 Å². The van der Waals surface area contributed by atoms with E-state index >= 15 is 19.2 Å². The highest BCUT2D eigenvalue weighted by molar-refractivity contribution is 7.70. The van der Waals surface area contributed by atoms with Gasteiger partial charge in [0.05, 0.1) is 0 Å². The third kappa shape index (κ3) is 23.8. The van der Waals surface area contributed by atoms with Gasteiger partial charge in [-0.1, -0.05) is 388 Å². The molecule has 4 aromatic heterocycles. The van der Waals surface area contributed by atoms with Crippen molar-refractivity contribution in [1.29, 1.82) is 0 Å². The maximum Gasteiger partial charge on any atom is 0.353 e. The van der Waals surface area contributed by atoms with Crippen molar-refractivity contribution >= 4 is 144 Å². The zero-order valence-electron chi connectivity index (χ0n) is 80.5. The van der Waals surface area contributed by atoms with Crippen LogP contribution in [-0.2, 0) is 25.7 Å². The molecule has 1 aliphatic rings. The molecule has 0 fully saturated rings. The normalized spacial score (nSPS) is 13.7. The topological polar surface area (TPSA) is 142 Å². The van der Waals surface area contributed by atoms with Crippen LogP contribution >= 0.6 is 77.9 Å². The van der Waals surface area contributed by atoms with Crippen LogP contribution in [-0.4, -0.2) is 23.9 Å². The number of carbonyl (C=O) groups is 4. The molecular weight excluding hydrogens is 1980 g/mol. The Hall–Kier alpha value is -14.9. The number of aryl methyl sites for hydroxylation is 4. The average molecular weight is 2080 g/mol. The minimum atomic E-state index is -1.84. The van der Waals surface area contributed by atoms with Crippen LogP contribution in [0.2, 0.25) is 0 Å². The van der Waals surface area contributed by atoms with Crippen LogP contribution in [0, 0.1) is 0 Å². The molecule has 8 bridgehead atoms. The van der Waals surface area contributed by atoms with Gasteiger partial charge in [0.25, 0.3) is 0 Å². The summed E-state index contributed by atoms with van der Waals surface area (Å²) in [5, 5.41) is 14.8. The lowest BCUT2D eigenvalue weighted by molar-refractivity contribution is 0.0716. The SMILES string of the molecule is O=C(Oc1cc(OC(=O)c2cccs2)c2cc1[C@@H](CCc1ccccc1)c1cc(c(OP(c3ccccc3)c3ccccc3)cc1OP(c1ccccc1)c1ccccc1)[C@@H](CCc1ccccc1)c1cc(c(OC(=O)c3cccs3)cc1OC(=O)c1cccs1)[C@@H](CCc1ccccc1)c1cc(c(OP(c3ccccc3)c3ccccc3)cc1OP(c1ccccc1)c1ccccc1)[C@H]2CCc1ccccc1)c1cccs1. The molecule has 16 aromatic carbocycles. The van der Waals surface area contributed by atoms with Crippen molar-refractivity contribution in [2.75, 3.05) is 0 Å². The summed E-state index contributed by atoms with van der Waals surface area (Å²) in [5.74, 6) is -3.89. The van der Waals surface area contributed by atoms with Crippen molar-refractivity contribution in [3.05, 3.63) is 569 Å². The second-order valence-electron chi connectivity index (χ2n) is 35.7. The van der Waals surface area contributed by atoms with Crippen molar-refractivity contribution in [3.8, 4) is 46.0 Å². The molecule has 12 nitrogen and oxygen atoms in total. The lowest BCUT2D eigenvalue weighted by Gasteiger charge is -2.33. The number of fused-ring (bicyclic) bond motifs is 8. The summed E-state index contributed by atoms with van der Waals surface area (Å²) in [6.45, 7) is 0. The zero-order chi connectivity index (χ0) is 100. The van der Waals surface area contributed by atoms with Gasteiger partial charge in [-0.2, -0.15) is 0 Å². The lowest BCUT2D eigenvalue weighted by atomic mass is 9.76. The van der Waals surface area contributed by atoms with Gasteiger partial charge in [-0.15, -0.1) is 45.3 Å². The summed E-state index contributed by atoms with van der Waals surface area (Å²) in [5.41, 5.74) is 8.93. The molecule has 0 radical (unpaired) electrons. The molecule has 4 atom stereocenters. The van der Waals surface area contributed by atoms with Gasteiger partial charge in [0, 0.05) is 135 Å². The molecule has 0 amide bonds. The van der Waals surface area contributed by atoms with E-state index in [9.17, 15) is 0 Å². The quantitative estimate of drug-likeness (QED) is 0.0210. The number of carbonyl (C=O) groups excluding carboxylic acids is 4. The van der Waals surface area contributed by atoms with Crippen molar-refractivity contribution in [1.82, 2.24) is 0 Å². The molecule has 21 rings (SSSR count). The molecule has 0 saturated heterocycles. The highest BCUT2D eigenvalue weighted by Crippen LogP contribution is 2.59. The molecule has 1 aliphatic carbocycles. The summed E-state index contributed by atoms with van der Waals surface area (Å²) in [4.78, 5) is 65.9. The van der Waals surface area contributed by atoms with E-state index in [-0.39, 0.29) is 23.0 Å². The molecule has 4 heterocycles. The number of esters is 4. The summed E-state index contributed by atoms with van der Waals surface area (Å²) >= 11 is 5.04. The second-order valence-corrected chi connectivity index (χ2v) is 46.7. The summed E-state index contributed by atoms with van der Waals surface area (Å²) in [6.07, 6.45) is 3.01. The number of ether oxygens (including phenoxy) is 4. The fourth-order valence-corrected chi connectivity index (χ4v) is 28.5. The van der Waals surface area contributed by atoms with Gasteiger partial charge >= 0.3 is 23.9 Å². The Bertz CT molecular complexity index is 6730. The zero-order valence-corrected chi connectivity index (χ0v) is 87.3. The first-order valence-electron chi connectivity index (χ1n) is 49.3. The number of hydrogen-bond donors (Lipinski definition) is 0. The van der Waals surface area contributed by atoms with Gasteiger partial charge in [-0.25, -0.2) is 19.2 Å². The molecule has 0 N–H and O–H groups in total. The Morgan fingerprint density at radius 2 is 0.338 bits per heavy atom. The van der Waals surface area contributed by atoms with Crippen LogP contribution in [0.1, 0.15) is 155 Å². The van der Waals surface area contributed by atoms with Gasteiger partial charge in [-0.05, 0) is 144 Å². The van der Waals surface area contributed by atoms with Crippen molar-refractivity contribution in [3.63, 3.8) is 0 Å². The first-order chi connectivity index (χ1) is 73.0. The third-order valence-electron chi connectivity index (χ3n) is 26.2. The lowest BCUT2D eigenvalue weighted by Crippen LogP contribution is -2.21. The van der Waals surface area contributed by atoms with Crippen LogP contribution in [0.3, 0.4) is 0 Å². The predicted molar refractivity (Wildman–Crippen MR) is 608 cm³/mol. The van der Waals surface area contributed by atoms with Gasteiger partial charge in [0.1, 0.15) is 65.5 Å². The summed E-state index contributed by atoms with van der Waals surface area (Å²) < 4.78 is 63.0. The Labute approximate surface area is 883 Å². The smallest absolute Gasteiger partial charge is 0.353 e. The van der Waals surface area contributed by atoms with E-state index in [2.05, 4.69) is 231 Å². The standard InChI is InChI=1S/C128H100O12P4S4/c129-125(121-65-37-77-145-121)133-113-85-114(134-126(130)122-66-38-78-146-122)106-81-105(113)101(73-69-89-41-13-1-14-42-89)109-83-110(118(138-142(95-53-25-7-26-54-95)96-55-27-8-28-56-96)87-117(109)137-141(93-49-21-5-22-50-93)94-51-23-6-24-52-94)103(75-71-91-45-17-3-18-46-91)107-82-108(116(136-128(132)124-68-40-80-148-124)86-115(107)135-127(131)123-67-39-79-147-123)104(76-72-92-47-19-4-20-48-92)112-84-111(102(106)74-70-90-43-15-2-16-44-90)119(139-143(97-57-29-9-30-58-97)98-59-31-10-32-60-98)88-120(112)140-144(99-61-33-11-34-62-99)100-63-35-12-36-64-100/h1-68,77-88,101-104H,69-76H2/t101-,102+,103+,104-. The van der Waals surface area contributed by atoms with Crippen LogP contribution in [0.15, 0.2) is 483 Å². The Morgan fingerprint density at radius 3 is 0.500 bits per heavy atom. The Morgan fingerprint density at radius 1 is 0.182 bits per heavy atom. The number of thiophene rings is 4.